The molecule has 1 atom stereocenters. The Bertz CT molecular complexity index is 463. The molecule has 1 heterocycles. The second kappa shape index (κ2) is 4.47. The molecular weight excluding hydrogens is 228 g/mol. The summed E-state index contributed by atoms with van der Waals surface area (Å²) in [6.07, 6.45) is 1.05. The molecule has 0 fully saturated rings. The van der Waals surface area contributed by atoms with E-state index < -0.39 is 0 Å². The Morgan fingerprint density at radius 3 is 3.00 bits per heavy atom. The third kappa shape index (κ3) is 2.14. The maximum atomic E-state index is 5.94. The zero-order chi connectivity index (χ0) is 10.8. The lowest BCUT2D eigenvalue weighted by atomic mass is 10.2. The summed E-state index contributed by atoms with van der Waals surface area (Å²) in [6, 6.07) is 6.18. The van der Waals surface area contributed by atoms with Gasteiger partial charge >= 0.3 is 0 Å². The van der Waals surface area contributed by atoms with Gasteiger partial charge in [-0.2, -0.15) is 0 Å². The Hall–Kier alpha value is -0.640. The van der Waals surface area contributed by atoms with Crippen molar-refractivity contribution in [1.29, 1.82) is 0 Å². The van der Waals surface area contributed by atoms with E-state index in [4.69, 9.17) is 11.6 Å². The van der Waals surface area contributed by atoms with Crippen molar-refractivity contribution in [3.8, 4) is 0 Å². The molecule has 0 aliphatic rings. The van der Waals surface area contributed by atoms with Gasteiger partial charge in [0, 0.05) is 5.02 Å². The molecule has 1 aromatic heterocycles. The lowest BCUT2D eigenvalue weighted by molar-refractivity contribution is 0.574. The first-order valence-electron chi connectivity index (χ1n) is 4.98. The fourth-order valence-corrected chi connectivity index (χ4v) is 3.00. The number of halogens is 1. The molecule has 2 nitrogen and oxygen atoms in total. The molecule has 1 N–H and O–H groups in total. The molecule has 0 aliphatic heterocycles. The molecular formula is C11H13ClN2S. The van der Waals surface area contributed by atoms with Crippen LogP contribution in [0.25, 0.3) is 10.2 Å². The van der Waals surface area contributed by atoms with Crippen LogP contribution in [0.4, 0.5) is 0 Å². The van der Waals surface area contributed by atoms with Gasteiger partial charge < -0.3 is 5.32 Å². The molecule has 1 unspecified atom stereocenters. The number of benzene rings is 1. The minimum Gasteiger partial charge on any atom is -0.311 e. The van der Waals surface area contributed by atoms with Gasteiger partial charge in [0.1, 0.15) is 5.01 Å². The number of hydrogen-bond donors (Lipinski definition) is 1. The smallest absolute Gasteiger partial charge is 0.111 e. The second-order valence-electron chi connectivity index (χ2n) is 3.41. The summed E-state index contributed by atoms with van der Waals surface area (Å²) < 4.78 is 1.16. The van der Waals surface area contributed by atoms with Crippen molar-refractivity contribution in [2.45, 2.75) is 19.4 Å². The van der Waals surface area contributed by atoms with E-state index in [1.54, 1.807) is 11.3 Å². The fraction of sp³-hybridized carbons (Fsp3) is 0.364. The summed E-state index contributed by atoms with van der Waals surface area (Å²) in [5.41, 5.74) is 1.04. The fourth-order valence-electron chi connectivity index (χ4n) is 1.57. The highest BCUT2D eigenvalue weighted by atomic mass is 35.5. The quantitative estimate of drug-likeness (QED) is 0.887. The summed E-state index contributed by atoms with van der Waals surface area (Å²) in [7, 11) is 1.97. The zero-order valence-corrected chi connectivity index (χ0v) is 10.3. The molecule has 1 aromatic carbocycles. The summed E-state index contributed by atoms with van der Waals surface area (Å²) in [6.45, 7) is 2.15. The molecule has 4 heteroatoms. The van der Waals surface area contributed by atoms with Crippen LogP contribution in [0.1, 0.15) is 24.4 Å². The number of aromatic nitrogens is 1. The lowest BCUT2D eigenvalue weighted by Gasteiger charge is -2.08. The highest BCUT2D eigenvalue weighted by molar-refractivity contribution is 7.18. The largest absolute Gasteiger partial charge is 0.311 e. The van der Waals surface area contributed by atoms with Crippen molar-refractivity contribution >= 4 is 33.2 Å². The Kier molecular flexibility index (Phi) is 3.24. The van der Waals surface area contributed by atoms with Crippen LogP contribution >= 0.6 is 22.9 Å². The molecule has 0 spiro atoms. The predicted octanol–water partition coefficient (Wildman–Crippen LogP) is 3.62. The number of fused-ring (bicyclic) bond motifs is 1. The first kappa shape index (κ1) is 10.9. The van der Waals surface area contributed by atoms with E-state index in [0.29, 0.717) is 6.04 Å². The van der Waals surface area contributed by atoms with E-state index in [-0.39, 0.29) is 0 Å². The second-order valence-corrected chi connectivity index (χ2v) is 4.91. The van der Waals surface area contributed by atoms with Gasteiger partial charge in [0.15, 0.2) is 0 Å². The first-order valence-corrected chi connectivity index (χ1v) is 6.17. The molecule has 15 heavy (non-hydrogen) atoms. The van der Waals surface area contributed by atoms with Crippen LogP contribution in [-0.4, -0.2) is 12.0 Å². The third-order valence-corrected chi connectivity index (χ3v) is 3.79. The molecule has 0 amide bonds. The van der Waals surface area contributed by atoms with Crippen LogP contribution in [0.15, 0.2) is 18.2 Å². The number of rotatable bonds is 3. The van der Waals surface area contributed by atoms with Crippen molar-refractivity contribution in [3.63, 3.8) is 0 Å². The average Bonchev–Trinajstić information content (AvgIpc) is 2.62. The van der Waals surface area contributed by atoms with E-state index in [2.05, 4.69) is 17.2 Å². The van der Waals surface area contributed by atoms with Gasteiger partial charge in [0.05, 0.1) is 16.3 Å². The van der Waals surface area contributed by atoms with E-state index in [0.717, 1.165) is 26.7 Å². The van der Waals surface area contributed by atoms with Gasteiger partial charge in [0.2, 0.25) is 0 Å². The number of hydrogen-bond acceptors (Lipinski definition) is 3. The highest BCUT2D eigenvalue weighted by Gasteiger charge is 2.12. The van der Waals surface area contributed by atoms with E-state index in [9.17, 15) is 0 Å². The SMILES string of the molecule is CCC(NC)c1nc2ccc(Cl)cc2s1. The van der Waals surface area contributed by atoms with Crippen molar-refractivity contribution in [2.24, 2.45) is 0 Å². The number of nitrogens with one attached hydrogen (secondary N) is 1. The van der Waals surface area contributed by atoms with Gasteiger partial charge in [-0.1, -0.05) is 18.5 Å². The molecule has 2 rings (SSSR count). The van der Waals surface area contributed by atoms with Crippen LogP contribution < -0.4 is 5.32 Å². The molecule has 0 aliphatic carbocycles. The first-order chi connectivity index (χ1) is 7.24. The van der Waals surface area contributed by atoms with Gasteiger partial charge in [0.25, 0.3) is 0 Å². The lowest BCUT2D eigenvalue weighted by Crippen LogP contribution is -2.14. The number of thiazole rings is 1. The monoisotopic (exact) mass is 240 g/mol. The molecule has 2 aromatic rings. The van der Waals surface area contributed by atoms with Crippen LogP contribution in [0.5, 0.6) is 0 Å². The molecule has 80 valence electrons. The van der Waals surface area contributed by atoms with Crippen molar-refractivity contribution < 1.29 is 0 Å². The molecule has 0 bridgehead atoms. The molecule has 0 saturated heterocycles. The minimum atomic E-state index is 0.348. The predicted molar refractivity (Wildman–Crippen MR) is 66.7 cm³/mol. The van der Waals surface area contributed by atoms with Crippen molar-refractivity contribution in [1.82, 2.24) is 10.3 Å². The van der Waals surface area contributed by atoms with Gasteiger partial charge in [-0.15, -0.1) is 11.3 Å². The van der Waals surface area contributed by atoms with Crippen LogP contribution in [0, 0.1) is 0 Å². The Morgan fingerprint density at radius 1 is 1.53 bits per heavy atom. The maximum Gasteiger partial charge on any atom is 0.111 e. The van der Waals surface area contributed by atoms with Gasteiger partial charge in [-0.25, -0.2) is 4.98 Å². The van der Waals surface area contributed by atoms with E-state index in [1.165, 1.54) is 0 Å². The van der Waals surface area contributed by atoms with E-state index >= 15 is 0 Å². The topological polar surface area (TPSA) is 24.9 Å². The van der Waals surface area contributed by atoms with Gasteiger partial charge in [-0.05, 0) is 31.7 Å². The summed E-state index contributed by atoms with van der Waals surface area (Å²) >= 11 is 7.65. The average molecular weight is 241 g/mol. The summed E-state index contributed by atoms with van der Waals surface area (Å²) in [4.78, 5) is 4.59. The normalized spacial score (nSPS) is 13.3. The standard InChI is InChI=1S/C11H13ClN2S/c1-3-8(13-2)11-14-9-5-4-7(12)6-10(9)15-11/h4-6,8,13H,3H2,1-2H3. The minimum absolute atomic E-state index is 0.348. The molecule has 0 radical (unpaired) electrons. The Balaban J connectivity index is 2.46. The van der Waals surface area contributed by atoms with Crippen LogP contribution in [-0.2, 0) is 0 Å². The van der Waals surface area contributed by atoms with Crippen molar-refractivity contribution in [3.05, 3.63) is 28.2 Å². The highest BCUT2D eigenvalue weighted by Crippen LogP contribution is 2.29. The van der Waals surface area contributed by atoms with Crippen LogP contribution in [0.2, 0.25) is 5.02 Å². The summed E-state index contributed by atoms with van der Waals surface area (Å²) in [5, 5.41) is 5.17. The summed E-state index contributed by atoms with van der Waals surface area (Å²) in [5.74, 6) is 0. The van der Waals surface area contributed by atoms with Crippen LogP contribution in [0.3, 0.4) is 0 Å². The number of nitrogens with zero attached hydrogens (tertiary/aromatic N) is 1. The maximum absolute atomic E-state index is 5.94. The van der Waals surface area contributed by atoms with Gasteiger partial charge in [-0.3, -0.25) is 0 Å². The molecule has 0 saturated carbocycles. The Labute approximate surface area is 98.3 Å². The van der Waals surface area contributed by atoms with E-state index in [1.807, 2.05) is 25.2 Å². The third-order valence-electron chi connectivity index (χ3n) is 2.42. The van der Waals surface area contributed by atoms with Crippen molar-refractivity contribution in [2.75, 3.05) is 7.05 Å². The Morgan fingerprint density at radius 2 is 2.33 bits per heavy atom. The zero-order valence-electron chi connectivity index (χ0n) is 8.75.